The normalized spacial score (nSPS) is 11.8. The largest absolute Gasteiger partial charge is 0.486 e. The van der Waals surface area contributed by atoms with Crippen LogP contribution in [0.1, 0.15) is 22.7 Å². The second kappa shape index (κ2) is 9.32. The average Bonchev–Trinajstić information content (AvgIpc) is 2.72. The van der Waals surface area contributed by atoms with Crippen molar-refractivity contribution < 1.29 is 24.1 Å². The van der Waals surface area contributed by atoms with Crippen molar-refractivity contribution >= 4 is 5.97 Å². The molecule has 6 heteroatoms. The zero-order valence-corrected chi connectivity index (χ0v) is 15.7. The van der Waals surface area contributed by atoms with E-state index in [4.69, 9.17) is 15.6 Å². The first kappa shape index (κ1) is 20.5. The number of aliphatic hydroxyl groups excluding tert-OH is 1. The molecule has 150 valence electrons. The molecule has 1 unspecified atom stereocenters. The predicted molar refractivity (Wildman–Crippen MR) is 108 cm³/mol. The number of hydrogen-bond donors (Lipinski definition) is 3. The van der Waals surface area contributed by atoms with E-state index in [-0.39, 0.29) is 25.4 Å². The summed E-state index contributed by atoms with van der Waals surface area (Å²) in [7, 11) is 0. The van der Waals surface area contributed by atoms with Crippen molar-refractivity contribution in [3.8, 4) is 16.9 Å². The second-order valence-corrected chi connectivity index (χ2v) is 6.70. The number of carbonyl (C=O) groups is 1. The van der Waals surface area contributed by atoms with E-state index in [1.807, 2.05) is 48.5 Å². The van der Waals surface area contributed by atoms with E-state index in [0.717, 1.165) is 22.3 Å². The number of ether oxygens (including phenoxy) is 1. The molecule has 0 saturated heterocycles. The maximum absolute atomic E-state index is 14.2. The van der Waals surface area contributed by atoms with Gasteiger partial charge in [0.05, 0.1) is 19.1 Å². The third-order valence-corrected chi connectivity index (χ3v) is 4.55. The molecule has 3 aromatic rings. The van der Waals surface area contributed by atoms with Gasteiger partial charge in [-0.15, -0.1) is 0 Å². The lowest BCUT2D eigenvalue weighted by Gasteiger charge is -2.13. The highest BCUT2D eigenvalue weighted by molar-refractivity contribution is 5.71. The SMILES string of the molecule is NC(CO)c1cccc(-c2cccc(COc3c(F)cccc3CC(=O)O)c2)c1. The molecule has 5 nitrogen and oxygen atoms in total. The van der Waals surface area contributed by atoms with Crippen molar-refractivity contribution in [1.29, 1.82) is 0 Å². The minimum Gasteiger partial charge on any atom is -0.486 e. The Morgan fingerprint density at radius 2 is 1.72 bits per heavy atom. The fourth-order valence-electron chi connectivity index (χ4n) is 3.07. The van der Waals surface area contributed by atoms with Gasteiger partial charge in [-0.25, -0.2) is 4.39 Å². The number of nitrogens with two attached hydrogens (primary N) is 1. The molecule has 1 atom stereocenters. The van der Waals surface area contributed by atoms with Gasteiger partial charge in [0.25, 0.3) is 0 Å². The Kier molecular flexibility index (Phi) is 6.59. The number of aliphatic hydroxyl groups is 1. The van der Waals surface area contributed by atoms with Crippen LogP contribution in [-0.2, 0) is 17.8 Å². The number of aliphatic carboxylic acids is 1. The maximum atomic E-state index is 14.2. The van der Waals surface area contributed by atoms with Crippen molar-refractivity contribution in [3.05, 3.63) is 89.2 Å². The monoisotopic (exact) mass is 395 g/mol. The molecular weight excluding hydrogens is 373 g/mol. The van der Waals surface area contributed by atoms with Crippen LogP contribution < -0.4 is 10.5 Å². The summed E-state index contributed by atoms with van der Waals surface area (Å²) in [5.41, 5.74) is 9.69. The number of halogens is 1. The minimum atomic E-state index is -1.05. The van der Waals surface area contributed by atoms with Crippen LogP contribution in [0.2, 0.25) is 0 Å². The van der Waals surface area contributed by atoms with E-state index in [2.05, 4.69) is 0 Å². The molecule has 0 saturated carbocycles. The van der Waals surface area contributed by atoms with E-state index in [0.29, 0.717) is 5.56 Å². The molecule has 0 spiro atoms. The molecule has 0 bridgehead atoms. The molecule has 3 aromatic carbocycles. The standard InChI is InChI=1S/C23H22FNO4/c24-20-9-3-8-19(12-22(27)28)23(20)29-14-15-4-1-5-16(10-15)17-6-2-7-18(11-17)21(25)13-26/h1-11,21,26H,12-14,25H2,(H,27,28). The fourth-order valence-corrected chi connectivity index (χ4v) is 3.07. The molecule has 0 fully saturated rings. The van der Waals surface area contributed by atoms with Crippen LogP contribution in [0.5, 0.6) is 5.75 Å². The van der Waals surface area contributed by atoms with Gasteiger partial charge < -0.3 is 20.7 Å². The third-order valence-electron chi connectivity index (χ3n) is 4.55. The first-order chi connectivity index (χ1) is 14.0. The summed E-state index contributed by atoms with van der Waals surface area (Å²) in [4.78, 5) is 11.0. The van der Waals surface area contributed by atoms with E-state index in [1.165, 1.54) is 12.1 Å². The summed E-state index contributed by atoms with van der Waals surface area (Å²) in [6, 6.07) is 19.0. The molecule has 0 radical (unpaired) electrons. The first-order valence-electron chi connectivity index (χ1n) is 9.15. The van der Waals surface area contributed by atoms with Gasteiger partial charge in [-0.2, -0.15) is 0 Å². The molecule has 0 aliphatic rings. The predicted octanol–water partition coefficient (Wildman–Crippen LogP) is 3.69. The van der Waals surface area contributed by atoms with E-state index < -0.39 is 17.8 Å². The van der Waals surface area contributed by atoms with Gasteiger partial charge in [0, 0.05) is 5.56 Å². The topological polar surface area (TPSA) is 92.8 Å². The van der Waals surface area contributed by atoms with Crippen LogP contribution in [0.15, 0.2) is 66.7 Å². The Bertz CT molecular complexity index is 1010. The Labute approximate surface area is 168 Å². The summed E-state index contributed by atoms with van der Waals surface area (Å²) in [6.45, 7) is -0.0457. The highest BCUT2D eigenvalue weighted by Crippen LogP contribution is 2.27. The Hall–Kier alpha value is -3.22. The van der Waals surface area contributed by atoms with Crippen LogP contribution >= 0.6 is 0 Å². The Balaban J connectivity index is 1.81. The average molecular weight is 395 g/mol. The van der Waals surface area contributed by atoms with Crippen LogP contribution in [0.25, 0.3) is 11.1 Å². The van der Waals surface area contributed by atoms with Gasteiger partial charge in [0.1, 0.15) is 6.61 Å². The van der Waals surface area contributed by atoms with E-state index in [1.54, 1.807) is 6.07 Å². The maximum Gasteiger partial charge on any atom is 0.307 e. The second-order valence-electron chi connectivity index (χ2n) is 6.70. The molecule has 4 N–H and O–H groups in total. The summed E-state index contributed by atoms with van der Waals surface area (Å²) in [5, 5.41) is 18.3. The molecular formula is C23H22FNO4. The molecule has 3 rings (SSSR count). The molecule has 0 aliphatic heterocycles. The summed E-state index contributed by atoms with van der Waals surface area (Å²) < 4.78 is 19.8. The highest BCUT2D eigenvalue weighted by atomic mass is 19.1. The molecule has 0 amide bonds. The smallest absolute Gasteiger partial charge is 0.307 e. The molecule has 0 aromatic heterocycles. The van der Waals surface area contributed by atoms with Gasteiger partial charge in [-0.1, -0.05) is 48.5 Å². The van der Waals surface area contributed by atoms with Crippen LogP contribution in [0.4, 0.5) is 4.39 Å². The number of carboxylic acid groups (broad SMARTS) is 1. The molecule has 0 aliphatic carbocycles. The first-order valence-corrected chi connectivity index (χ1v) is 9.15. The summed E-state index contributed by atoms with van der Waals surface area (Å²) in [5.74, 6) is -1.69. The Morgan fingerprint density at radius 1 is 1.03 bits per heavy atom. The molecule has 0 heterocycles. The zero-order valence-electron chi connectivity index (χ0n) is 15.7. The quantitative estimate of drug-likeness (QED) is 0.541. The lowest BCUT2D eigenvalue weighted by Crippen LogP contribution is -2.14. The van der Waals surface area contributed by atoms with Gasteiger partial charge in [0.2, 0.25) is 0 Å². The van der Waals surface area contributed by atoms with Crippen molar-refractivity contribution in [2.24, 2.45) is 5.73 Å². The van der Waals surface area contributed by atoms with E-state index >= 15 is 0 Å². The van der Waals surface area contributed by atoms with Crippen LogP contribution in [0, 0.1) is 5.82 Å². The highest BCUT2D eigenvalue weighted by Gasteiger charge is 2.13. The van der Waals surface area contributed by atoms with Crippen molar-refractivity contribution in [1.82, 2.24) is 0 Å². The van der Waals surface area contributed by atoms with Crippen LogP contribution in [0.3, 0.4) is 0 Å². The third kappa shape index (κ3) is 5.19. The molecule has 29 heavy (non-hydrogen) atoms. The number of benzene rings is 3. The van der Waals surface area contributed by atoms with Gasteiger partial charge in [-0.3, -0.25) is 4.79 Å². The lowest BCUT2D eigenvalue weighted by molar-refractivity contribution is -0.136. The summed E-state index contributed by atoms with van der Waals surface area (Å²) in [6.07, 6.45) is -0.314. The van der Waals surface area contributed by atoms with Gasteiger partial charge >= 0.3 is 5.97 Å². The van der Waals surface area contributed by atoms with Crippen molar-refractivity contribution in [3.63, 3.8) is 0 Å². The fraction of sp³-hybridized carbons (Fsp3) is 0.174. The minimum absolute atomic E-state index is 0.0452. The van der Waals surface area contributed by atoms with Gasteiger partial charge in [-0.05, 0) is 40.5 Å². The Morgan fingerprint density at radius 3 is 2.45 bits per heavy atom. The lowest BCUT2D eigenvalue weighted by atomic mass is 9.99. The van der Waals surface area contributed by atoms with Crippen molar-refractivity contribution in [2.45, 2.75) is 19.1 Å². The van der Waals surface area contributed by atoms with E-state index in [9.17, 15) is 14.3 Å². The number of carboxylic acids is 1. The van der Waals surface area contributed by atoms with Gasteiger partial charge in [0.15, 0.2) is 11.6 Å². The summed E-state index contributed by atoms with van der Waals surface area (Å²) >= 11 is 0. The van der Waals surface area contributed by atoms with Crippen molar-refractivity contribution in [2.75, 3.05) is 6.61 Å². The zero-order chi connectivity index (χ0) is 20.8. The van der Waals surface area contributed by atoms with Crippen LogP contribution in [-0.4, -0.2) is 22.8 Å². The number of rotatable bonds is 8. The number of para-hydroxylation sites is 1. The number of hydrogen-bond acceptors (Lipinski definition) is 4.